The number of hydrogen-bond acceptors (Lipinski definition) is 2. The standard InChI is InChI=1S/C14H18N2/c1-4-11-5-6-13-12(8-11)9(2)7-14(16-13)10(3)15/h5-8,10H,4,15H2,1-3H3. The summed E-state index contributed by atoms with van der Waals surface area (Å²) < 4.78 is 0. The maximum atomic E-state index is 5.87. The molecule has 1 unspecified atom stereocenters. The summed E-state index contributed by atoms with van der Waals surface area (Å²) in [6.45, 7) is 6.25. The molecule has 2 N–H and O–H groups in total. The van der Waals surface area contributed by atoms with Gasteiger partial charge in [-0.05, 0) is 49.6 Å². The van der Waals surface area contributed by atoms with Crippen molar-refractivity contribution in [3.63, 3.8) is 0 Å². The topological polar surface area (TPSA) is 38.9 Å². The van der Waals surface area contributed by atoms with Gasteiger partial charge in [-0.3, -0.25) is 4.98 Å². The van der Waals surface area contributed by atoms with Gasteiger partial charge in [-0.15, -0.1) is 0 Å². The second kappa shape index (κ2) is 4.22. The average molecular weight is 214 g/mol. The predicted octanol–water partition coefficient (Wildman–Crippen LogP) is 3.13. The lowest BCUT2D eigenvalue weighted by Crippen LogP contribution is -2.07. The van der Waals surface area contributed by atoms with Crippen LogP contribution in [0.25, 0.3) is 10.9 Å². The first-order valence-corrected chi connectivity index (χ1v) is 5.77. The molecule has 0 aliphatic carbocycles. The number of aryl methyl sites for hydroxylation is 2. The van der Waals surface area contributed by atoms with Crippen LogP contribution in [0.4, 0.5) is 0 Å². The van der Waals surface area contributed by atoms with Gasteiger partial charge < -0.3 is 5.73 Å². The Morgan fingerprint density at radius 2 is 2.06 bits per heavy atom. The van der Waals surface area contributed by atoms with E-state index < -0.39 is 0 Å². The summed E-state index contributed by atoms with van der Waals surface area (Å²) >= 11 is 0. The van der Waals surface area contributed by atoms with Crippen LogP contribution in [0.15, 0.2) is 24.3 Å². The van der Waals surface area contributed by atoms with E-state index in [4.69, 9.17) is 5.73 Å². The van der Waals surface area contributed by atoms with Crippen LogP contribution in [0.2, 0.25) is 0 Å². The number of nitrogens with zero attached hydrogens (tertiary/aromatic N) is 1. The van der Waals surface area contributed by atoms with E-state index in [1.165, 1.54) is 16.5 Å². The SMILES string of the molecule is CCc1ccc2nc(C(C)N)cc(C)c2c1. The molecule has 0 fully saturated rings. The molecule has 0 saturated heterocycles. The van der Waals surface area contributed by atoms with E-state index in [1.807, 2.05) is 6.92 Å². The molecule has 1 atom stereocenters. The Morgan fingerprint density at radius 1 is 1.31 bits per heavy atom. The molecule has 2 nitrogen and oxygen atoms in total. The highest BCUT2D eigenvalue weighted by atomic mass is 14.8. The smallest absolute Gasteiger partial charge is 0.0708 e. The lowest BCUT2D eigenvalue weighted by Gasteiger charge is -2.10. The first-order valence-electron chi connectivity index (χ1n) is 5.77. The Balaban J connectivity index is 2.66. The molecular weight excluding hydrogens is 196 g/mol. The summed E-state index contributed by atoms with van der Waals surface area (Å²) in [5.74, 6) is 0. The highest BCUT2D eigenvalue weighted by molar-refractivity contribution is 5.83. The zero-order chi connectivity index (χ0) is 11.7. The molecule has 2 aromatic rings. The summed E-state index contributed by atoms with van der Waals surface area (Å²) in [4.78, 5) is 4.59. The number of nitrogens with two attached hydrogens (primary N) is 1. The molecule has 0 saturated carbocycles. The van der Waals surface area contributed by atoms with Crippen molar-refractivity contribution in [3.8, 4) is 0 Å². The van der Waals surface area contributed by atoms with E-state index in [2.05, 4.69) is 43.1 Å². The van der Waals surface area contributed by atoms with Gasteiger partial charge in [-0.1, -0.05) is 13.0 Å². The van der Waals surface area contributed by atoms with Gasteiger partial charge in [0.15, 0.2) is 0 Å². The molecule has 84 valence electrons. The molecule has 0 bridgehead atoms. The van der Waals surface area contributed by atoms with Crippen LogP contribution >= 0.6 is 0 Å². The quantitative estimate of drug-likeness (QED) is 0.834. The van der Waals surface area contributed by atoms with Crippen molar-refractivity contribution < 1.29 is 0 Å². The third kappa shape index (κ3) is 1.93. The van der Waals surface area contributed by atoms with Crippen LogP contribution in [0, 0.1) is 6.92 Å². The van der Waals surface area contributed by atoms with E-state index in [0.29, 0.717) is 0 Å². The fourth-order valence-electron chi connectivity index (χ4n) is 1.92. The van der Waals surface area contributed by atoms with Gasteiger partial charge in [-0.25, -0.2) is 0 Å². The Kier molecular flexibility index (Phi) is 2.92. The average Bonchev–Trinajstić information content (AvgIpc) is 2.28. The molecule has 2 heteroatoms. The predicted molar refractivity (Wildman–Crippen MR) is 68.5 cm³/mol. The molecule has 1 heterocycles. The zero-order valence-electron chi connectivity index (χ0n) is 10.1. The van der Waals surface area contributed by atoms with E-state index in [9.17, 15) is 0 Å². The van der Waals surface area contributed by atoms with Gasteiger partial charge in [0.1, 0.15) is 0 Å². The first-order chi connectivity index (χ1) is 7.61. The van der Waals surface area contributed by atoms with Crippen molar-refractivity contribution in [1.29, 1.82) is 0 Å². The van der Waals surface area contributed by atoms with Crippen LogP contribution in [-0.2, 0) is 6.42 Å². The number of benzene rings is 1. The number of rotatable bonds is 2. The summed E-state index contributed by atoms with van der Waals surface area (Å²) in [6.07, 6.45) is 1.06. The van der Waals surface area contributed by atoms with Crippen LogP contribution < -0.4 is 5.73 Å². The summed E-state index contributed by atoms with van der Waals surface area (Å²) in [7, 11) is 0. The van der Waals surface area contributed by atoms with Gasteiger partial charge >= 0.3 is 0 Å². The third-order valence-electron chi connectivity index (χ3n) is 2.97. The number of aromatic nitrogens is 1. The Hall–Kier alpha value is -1.41. The molecule has 2 rings (SSSR count). The van der Waals surface area contributed by atoms with E-state index >= 15 is 0 Å². The fourth-order valence-corrected chi connectivity index (χ4v) is 1.92. The van der Waals surface area contributed by atoms with Gasteiger partial charge in [0.05, 0.1) is 11.2 Å². The van der Waals surface area contributed by atoms with Crippen LogP contribution in [-0.4, -0.2) is 4.98 Å². The van der Waals surface area contributed by atoms with Crippen molar-refractivity contribution in [3.05, 3.63) is 41.1 Å². The van der Waals surface area contributed by atoms with Crippen LogP contribution in [0.1, 0.15) is 36.7 Å². The molecule has 0 aliphatic rings. The Bertz CT molecular complexity index is 515. The third-order valence-corrected chi connectivity index (χ3v) is 2.97. The molecular formula is C14H18N2. The minimum absolute atomic E-state index is 0.00560. The Labute approximate surface area is 96.5 Å². The van der Waals surface area contributed by atoms with Crippen molar-refractivity contribution >= 4 is 10.9 Å². The highest BCUT2D eigenvalue weighted by Gasteiger charge is 2.06. The molecule has 0 aliphatic heterocycles. The normalized spacial score (nSPS) is 13.0. The Morgan fingerprint density at radius 3 is 2.69 bits per heavy atom. The van der Waals surface area contributed by atoms with Crippen LogP contribution in [0.3, 0.4) is 0 Å². The van der Waals surface area contributed by atoms with Gasteiger partial charge in [0.25, 0.3) is 0 Å². The van der Waals surface area contributed by atoms with Crippen molar-refractivity contribution in [1.82, 2.24) is 4.98 Å². The molecule has 1 aromatic carbocycles. The summed E-state index contributed by atoms with van der Waals surface area (Å²) in [5, 5.41) is 1.24. The second-order valence-corrected chi connectivity index (χ2v) is 4.36. The van der Waals surface area contributed by atoms with Crippen LogP contribution in [0.5, 0.6) is 0 Å². The minimum atomic E-state index is -0.00560. The zero-order valence-corrected chi connectivity index (χ0v) is 10.1. The number of fused-ring (bicyclic) bond motifs is 1. The fraction of sp³-hybridized carbons (Fsp3) is 0.357. The molecule has 0 spiro atoms. The van der Waals surface area contributed by atoms with E-state index in [-0.39, 0.29) is 6.04 Å². The van der Waals surface area contributed by atoms with Gasteiger partial charge in [0, 0.05) is 11.4 Å². The number of hydrogen-bond donors (Lipinski definition) is 1. The molecule has 16 heavy (non-hydrogen) atoms. The first kappa shape index (κ1) is 11.1. The minimum Gasteiger partial charge on any atom is -0.323 e. The maximum absolute atomic E-state index is 5.87. The summed E-state index contributed by atoms with van der Waals surface area (Å²) in [5.41, 5.74) is 10.5. The largest absolute Gasteiger partial charge is 0.323 e. The monoisotopic (exact) mass is 214 g/mol. The van der Waals surface area contributed by atoms with Crippen molar-refractivity contribution in [2.75, 3.05) is 0 Å². The summed E-state index contributed by atoms with van der Waals surface area (Å²) in [6, 6.07) is 8.54. The molecule has 1 aromatic heterocycles. The van der Waals surface area contributed by atoms with E-state index in [1.54, 1.807) is 0 Å². The van der Waals surface area contributed by atoms with Gasteiger partial charge in [-0.2, -0.15) is 0 Å². The van der Waals surface area contributed by atoms with Crippen molar-refractivity contribution in [2.24, 2.45) is 5.73 Å². The van der Waals surface area contributed by atoms with Gasteiger partial charge in [0.2, 0.25) is 0 Å². The maximum Gasteiger partial charge on any atom is 0.0708 e. The second-order valence-electron chi connectivity index (χ2n) is 4.36. The molecule has 0 amide bonds. The lowest BCUT2D eigenvalue weighted by atomic mass is 10.0. The van der Waals surface area contributed by atoms with Crippen molar-refractivity contribution in [2.45, 2.75) is 33.2 Å². The molecule has 0 radical (unpaired) electrons. The van der Waals surface area contributed by atoms with E-state index in [0.717, 1.165) is 17.6 Å². The number of pyridine rings is 1. The lowest BCUT2D eigenvalue weighted by molar-refractivity contribution is 0.785. The highest BCUT2D eigenvalue weighted by Crippen LogP contribution is 2.21.